The maximum absolute atomic E-state index is 12.3. The Morgan fingerprint density at radius 3 is 2.76 bits per heavy atom. The van der Waals surface area contributed by atoms with Gasteiger partial charge in [0, 0.05) is 24.4 Å². The van der Waals surface area contributed by atoms with E-state index in [0.29, 0.717) is 28.4 Å². The lowest BCUT2D eigenvalue weighted by Gasteiger charge is -2.21. The molecule has 2 aromatic rings. The van der Waals surface area contributed by atoms with Crippen LogP contribution in [0.3, 0.4) is 0 Å². The summed E-state index contributed by atoms with van der Waals surface area (Å²) in [4.78, 5) is 25.5. The molecule has 25 heavy (non-hydrogen) atoms. The van der Waals surface area contributed by atoms with Gasteiger partial charge in [-0.2, -0.15) is 5.26 Å². The minimum absolute atomic E-state index is 0.153. The highest BCUT2D eigenvalue weighted by Gasteiger charge is 2.18. The lowest BCUT2D eigenvalue weighted by atomic mass is 10.2. The molecule has 1 heterocycles. The molecule has 3 rings (SSSR count). The Morgan fingerprint density at radius 2 is 2.00 bits per heavy atom. The molecule has 1 aliphatic heterocycles. The quantitative estimate of drug-likeness (QED) is 0.924. The Balaban J connectivity index is 1.73. The van der Waals surface area contributed by atoms with Crippen molar-refractivity contribution in [2.45, 2.75) is 6.92 Å². The molecule has 0 radical (unpaired) electrons. The Labute approximate surface area is 144 Å². The predicted molar refractivity (Wildman–Crippen MR) is 90.4 cm³/mol. The van der Waals surface area contributed by atoms with Gasteiger partial charge in [0.2, 0.25) is 18.6 Å². The number of hydrogen-bond donors (Lipinski definition) is 1. The standard InChI is InChI=1S/C18H15N3O4/c1-12(22)21(15-4-2-3-13(7-15)9-19)10-18(23)20-14-5-6-16-17(8-14)25-11-24-16/h2-8H,10-11H2,1H3,(H,20,23). The molecule has 0 aliphatic carbocycles. The number of amides is 2. The van der Waals surface area contributed by atoms with E-state index in [1.54, 1.807) is 42.5 Å². The van der Waals surface area contributed by atoms with E-state index < -0.39 is 0 Å². The first kappa shape index (κ1) is 16.3. The zero-order valence-electron chi connectivity index (χ0n) is 13.5. The van der Waals surface area contributed by atoms with Gasteiger partial charge >= 0.3 is 0 Å². The van der Waals surface area contributed by atoms with Crippen LogP contribution in [0, 0.1) is 11.3 Å². The van der Waals surface area contributed by atoms with Crippen LogP contribution in [0.25, 0.3) is 0 Å². The third kappa shape index (κ3) is 3.70. The van der Waals surface area contributed by atoms with Crippen LogP contribution >= 0.6 is 0 Å². The molecule has 1 aliphatic rings. The first-order valence-corrected chi connectivity index (χ1v) is 7.54. The number of nitriles is 1. The van der Waals surface area contributed by atoms with E-state index in [2.05, 4.69) is 5.32 Å². The Morgan fingerprint density at radius 1 is 1.20 bits per heavy atom. The van der Waals surface area contributed by atoms with Gasteiger partial charge in [-0.3, -0.25) is 9.59 Å². The molecule has 7 heteroatoms. The van der Waals surface area contributed by atoms with Crippen LogP contribution in [-0.2, 0) is 9.59 Å². The molecular formula is C18H15N3O4. The first-order valence-electron chi connectivity index (χ1n) is 7.54. The highest BCUT2D eigenvalue weighted by Crippen LogP contribution is 2.34. The average molecular weight is 337 g/mol. The van der Waals surface area contributed by atoms with Gasteiger partial charge in [-0.05, 0) is 30.3 Å². The van der Waals surface area contributed by atoms with E-state index in [0.717, 1.165) is 0 Å². The molecule has 126 valence electrons. The van der Waals surface area contributed by atoms with E-state index in [9.17, 15) is 9.59 Å². The summed E-state index contributed by atoms with van der Waals surface area (Å²) in [6.07, 6.45) is 0. The number of fused-ring (bicyclic) bond motifs is 1. The second kappa shape index (κ2) is 6.93. The van der Waals surface area contributed by atoms with Gasteiger partial charge in [0.05, 0.1) is 11.6 Å². The third-order valence-electron chi connectivity index (χ3n) is 3.63. The summed E-state index contributed by atoms with van der Waals surface area (Å²) in [5, 5.41) is 11.7. The maximum Gasteiger partial charge on any atom is 0.244 e. The number of benzene rings is 2. The van der Waals surface area contributed by atoms with Crippen LogP contribution in [-0.4, -0.2) is 25.2 Å². The van der Waals surface area contributed by atoms with Crippen molar-refractivity contribution in [3.8, 4) is 17.6 Å². The third-order valence-corrected chi connectivity index (χ3v) is 3.63. The van der Waals surface area contributed by atoms with Gasteiger partial charge in [0.15, 0.2) is 11.5 Å². The van der Waals surface area contributed by atoms with E-state index in [4.69, 9.17) is 14.7 Å². The molecule has 0 spiro atoms. The summed E-state index contributed by atoms with van der Waals surface area (Å²) < 4.78 is 10.5. The van der Waals surface area contributed by atoms with Crippen LogP contribution in [0.5, 0.6) is 11.5 Å². The second-order valence-electron chi connectivity index (χ2n) is 5.38. The molecule has 0 fully saturated rings. The zero-order chi connectivity index (χ0) is 17.8. The molecular weight excluding hydrogens is 322 g/mol. The number of nitrogens with zero attached hydrogens (tertiary/aromatic N) is 2. The monoisotopic (exact) mass is 337 g/mol. The Hall–Kier alpha value is -3.53. The molecule has 0 aromatic heterocycles. The number of rotatable bonds is 4. The maximum atomic E-state index is 12.3. The topological polar surface area (TPSA) is 91.7 Å². The fourth-order valence-corrected chi connectivity index (χ4v) is 2.45. The molecule has 0 unspecified atom stereocenters. The highest BCUT2D eigenvalue weighted by molar-refractivity contribution is 6.02. The van der Waals surface area contributed by atoms with Crippen molar-refractivity contribution >= 4 is 23.2 Å². The molecule has 0 bridgehead atoms. The molecule has 7 nitrogen and oxygen atoms in total. The van der Waals surface area contributed by atoms with E-state index in [-0.39, 0.29) is 25.2 Å². The molecule has 2 aromatic carbocycles. The fourth-order valence-electron chi connectivity index (χ4n) is 2.45. The van der Waals surface area contributed by atoms with E-state index in [1.807, 2.05) is 6.07 Å². The summed E-state index contributed by atoms with van der Waals surface area (Å²) in [6, 6.07) is 13.6. The van der Waals surface area contributed by atoms with Gasteiger partial charge in [-0.15, -0.1) is 0 Å². The van der Waals surface area contributed by atoms with Gasteiger partial charge < -0.3 is 19.7 Å². The average Bonchev–Trinajstić information content (AvgIpc) is 3.07. The summed E-state index contributed by atoms with van der Waals surface area (Å²) in [5.74, 6) is 0.520. The summed E-state index contributed by atoms with van der Waals surface area (Å²) in [5.41, 5.74) is 1.45. The van der Waals surface area contributed by atoms with Crippen molar-refractivity contribution in [2.24, 2.45) is 0 Å². The Bertz CT molecular complexity index is 873. The molecule has 0 saturated carbocycles. The van der Waals surface area contributed by atoms with Crippen LogP contribution in [0.2, 0.25) is 0 Å². The SMILES string of the molecule is CC(=O)N(CC(=O)Nc1ccc2c(c1)OCO2)c1cccc(C#N)c1. The van der Waals surface area contributed by atoms with Crippen molar-refractivity contribution in [1.82, 2.24) is 0 Å². The number of nitrogens with one attached hydrogen (secondary N) is 1. The van der Waals surface area contributed by atoms with E-state index in [1.165, 1.54) is 11.8 Å². The smallest absolute Gasteiger partial charge is 0.244 e. The van der Waals surface area contributed by atoms with Gasteiger partial charge in [-0.25, -0.2) is 0 Å². The highest BCUT2D eigenvalue weighted by atomic mass is 16.7. The van der Waals surface area contributed by atoms with Crippen molar-refractivity contribution in [2.75, 3.05) is 23.6 Å². The fraction of sp³-hybridized carbons (Fsp3) is 0.167. The Kier molecular flexibility index (Phi) is 4.53. The molecule has 0 atom stereocenters. The van der Waals surface area contributed by atoms with Crippen LogP contribution in [0.15, 0.2) is 42.5 Å². The van der Waals surface area contributed by atoms with Crippen LogP contribution in [0.4, 0.5) is 11.4 Å². The molecule has 1 N–H and O–H groups in total. The number of carbonyl (C=O) groups excluding carboxylic acids is 2. The number of carbonyl (C=O) groups is 2. The minimum atomic E-state index is -0.364. The number of hydrogen-bond acceptors (Lipinski definition) is 5. The number of ether oxygens (including phenoxy) is 2. The van der Waals surface area contributed by atoms with Gasteiger partial charge in [-0.1, -0.05) is 6.07 Å². The zero-order valence-corrected chi connectivity index (χ0v) is 13.5. The lowest BCUT2D eigenvalue weighted by Crippen LogP contribution is -2.36. The van der Waals surface area contributed by atoms with E-state index >= 15 is 0 Å². The predicted octanol–water partition coefficient (Wildman–Crippen LogP) is 2.28. The van der Waals surface area contributed by atoms with Crippen LogP contribution < -0.4 is 19.7 Å². The molecule has 2 amide bonds. The molecule has 0 saturated heterocycles. The number of anilines is 2. The minimum Gasteiger partial charge on any atom is -0.454 e. The van der Waals surface area contributed by atoms with Crippen molar-refractivity contribution in [3.63, 3.8) is 0 Å². The van der Waals surface area contributed by atoms with Gasteiger partial charge in [0.25, 0.3) is 0 Å². The summed E-state index contributed by atoms with van der Waals surface area (Å²) in [7, 11) is 0. The van der Waals surface area contributed by atoms with Crippen molar-refractivity contribution in [3.05, 3.63) is 48.0 Å². The van der Waals surface area contributed by atoms with Crippen LogP contribution in [0.1, 0.15) is 12.5 Å². The summed E-state index contributed by atoms with van der Waals surface area (Å²) >= 11 is 0. The normalized spacial score (nSPS) is 11.5. The first-order chi connectivity index (χ1) is 12.1. The lowest BCUT2D eigenvalue weighted by molar-refractivity contribution is -0.120. The summed E-state index contributed by atoms with van der Waals surface area (Å²) in [6.45, 7) is 1.35. The van der Waals surface area contributed by atoms with Crippen molar-refractivity contribution < 1.29 is 19.1 Å². The second-order valence-corrected chi connectivity index (χ2v) is 5.38. The largest absolute Gasteiger partial charge is 0.454 e. The van der Waals surface area contributed by atoms with Crippen molar-refractivity contribution in [1.29, 1.82) is 5.26 Å². The van der Waals surface area contributed by atoms with Gasteiger partial charge in [0.1, 0.15) is 6.54 Å².